The number of nitrogens with zero attached hydrogens (tertiary/aromatic N) is 1. The third kappa shape index (κ3) is 4.39. The van der Waals surface area contributed by atoms with Gasteiger partial charge >= 0.3 is 0 Å². The second-order valence-corrected chi connectivity index (χ2v) is 5.68. The molecule has 0 aliphatic carbocycles. The van der Waals surface area contributed by atoms with Gasteiger partial charge in [0.1, 0.15) is 17.0 Å². The van der Waals surface area contributed by atoms with Crippen LogP contribution in [0.4, 0.5) is 0 Å². The molecule has 1 aromatic heterocycles. The summed E-state index contributed by atoms with van der Waals surface area (Å²) in [6.07, 6.45) is 1.78. The van der Waals surface area contributed by atoms with Crippen LogP contribution in [0.2, 0.25) is 0 Å². The molecule has 4 aromatic rings. The van der Waals surface area contributed by atoms with Gasteiger partial charge in [0.25, 0.3) is 0 Å². The molecule has 3 heteroatoms. The normalized spacial score (nSPS) is 10.0. The van der Waals surface area contributed by atoms with Gasteiger partial charge in [-0.25, -0.2) is 0 Å². The molecular weight excluding hydrogens is 322 g/mol. The number of ether oxygens (including phenoxy) is 1. The topological polar surface area (TPSA) is 42.4 Å². The molecule has 0 unspecified atom stereocenters. The molecule has 0 aliphatic rings. The lowest BCUT2D eigenvalue weighted by Gasteiger charge is -2.05. The van der Waals surface area contributed by atoms with Gasteiger partial charge < -0.3 is 9.84 Å². The summed E-state index contributed by atoms with van der Waals surface area (Å²) < 4.78 is 5.46. The minimum atomic E-state index is 0.305. The molecule has 0 radical (unpaired) electrons. The van der Waals surface area contributed by atoms with Crippen molar-refractivity contribution in [1.29, 1.82) is 0 Å². The summed E-state index contributed by atoms with van der Waals surface area (Å²) in [7, 11) is 0. The molecule has 0 atom stereocenters. The molecule has 3 aromatic carbocycles. The van der Waals surface area contributed by atoms with Gasteiger partial charge in [0.15, 0.2) is 0 Å². The number of phenolic OH excluding ortho intramolecular Hbond substituents is 1. The van der Waals surface area contributed by atoms with Crippen LogP contribution in [0.5, 0.6) is 11.5 Å². The summed E-state index contributed by atoms with van der Waals surface area (Å²) in [5.74, 6) is 1.17. The van der Waals surface area contributed by atoms with Gasteiger partial charge in [-0.1, -0.05) is 60.7 Å². The van der Waals surface area contributed by atoms with Gasteiger partial charge in [0.05, 0.1) is 6.61 Å². The van der Waals surface area contributed by atoms with Crippen LogP contribution in [0.3, 0.4) is 0 Å². The van der Waals surface area contributed by atoms with Crippen molar-refractivity contribution < 1.29 is 9.84 Å². The molecule has 130 valence electrons. The van der Waals surface area contributed by atoms with Gasteiger partial charge in [-0.05, 0) is 42.3 Å². The highest BCUT2D eigenvalue weighted by molar-refractivity contribution is 5.84. The Bertz CT molecular complexity index is 945. The van der Waals surface area contributed by atoms with E-state index in [2.05, 4.69) is 4.98 Å². The fourth-order valence-corrected chi connectivity index (χ4v) is 2.63. The van der Waals surface area contributed by atoms with E-state index < -0.39 is 0 Å². The third-order valence-electron chi connectivity index (χ3n) is 3.87. The Balaban J connectivity index is 0.000000151. The number of hydrogen-bond donors (Lipinski definition) is 1. The van der Waals surface area contributed by atoms with E-state index in [0.717, 1.165) is 22.2 Å². The molecular formula is C23H21NO2. The van der Waals surface area contributed by atoms with Crippen LogP contribution in [0.25, 0.3) is 22.0 Å². The molecule has 26 heavy (non-hydrogen) atoms. The second kappa shape index (κ2) is 8.67. The quantitative estimate of drug-likeness (QED) is 0.519. The summed E-state index contributed by atoms with van der Waals surface area (Å²) in [4.78, 5) is 4.27. The van der Waals surface area contributed by atoms with E-state index >= 15 is 0 Å². The van der Waals surface area contributed by atoms with Crippen molar-refractivity contribution in [2.75, 3.05) is 6.61 Å². The molecule has 0 aliphatic heterocycles. The molecule has 4 rings (SSSR count). The number of benzene rings is 3. The Kier molecular flexibility index (Phi) is 5.84. The Morgan fingerprint density at radius 1 is 0.769 bits per heavy atom. The lowest BCUT2D eigenvalue weighted by Crippen LogP contribution is -1.92. The van der Waals surface area contributed by atoms with Crippen molar-refractivity contribution in [3.05, 3.63) is 91.1 Å². The lowest BCUT2D eigenvalue weighted by molar-refractivity contribution is 0.343. The largest absolute Gasteiger partial charge is 0.508 e. The first-order valence-electron chi connectivity index (χ1n) is 8.59. The van der Waals surface area contributed by atoms with E-state index in [1.807, 2.05) is 79.7 Å². The van der Waals surface area contributed by atoms with E-state index in [4.69, 9.17) is 9.84 Å². The SMILES string of the molecule is CCOc1cccc2cccnc12.Oc1ccc(-c2ccccc2)cc1. The first kappa shape index (κ1) is 17.5. The minimum absolute atomic E-state index is 0.305. The highest BCUT2D eigenvalue weighted by atomic mass is 16.5. The Morgan fingerprint density at radius 2 is 1.46 bits per heavy atom. The summed E-state index contributed by atoms with van der Waals surface area (Å²) in [6.45, 7) is 2.65. The Morgan fingerprint density at radius 3 is 2.19 bits per heavy atom. The number of fused-ring (bicyclic) bond motifs is 1. The summed E-state index contributed by atoms with van der Waals surface area (Å²) in [6, 6.07) is 27.2. The van der Waals surface area contributed by atoms with Crippen LogP contribution in [-0.2, 0) is 0 Å². The number of aromatic nitrogens is 1. The van der Waals surface area contributed by atoms with E-state index in [1.54, 1.807) is 18.3 Å². The number of rotatable bonds is 3. The molecule has 1 heterocycles. The van der Waals surface area contributed by atoms with Crippen LogP contribution in [0.15, 0.2) is 91.1 Å². The minimum Gasteiger partial charge on any atom is -0.508 e. The maximum absolute atomic E-state index is 9.10. The van der Waals surface area contributed by atoms with Crippen molar-refractivity contribution in [2.24, 2.45) is 0 Å². The predicted octanol–water partition coefficient (Wildman–Crippen LogP) is 5.69. The van der Waals surface area contributed by atoms with Crippen molar-refractivity contribution in [1.82, 2.24) is 4.98 Å². The van der Waals surface area contributed by atoms with Crippen LogP contribution in [-0.4, -0.2) is 16.7 Å². The monoisotopic (exact) mass is 343 g/mol. The van der Waals surface area contributed by atoms with Crippen molar-refractivity contribution in [3.63, 3.8) is 0 Å². The highest BCUT2D eigenvalue weighted by Gasteiger charge is 2.00. The van der Waals surface area contributed by atoms with E-state index in [9.17, 15) is 0 Å². The Hall–Kier alpha value is -3.33. The molecule has 1 N–H and O–H groups in total. The third-order valence-corrected chi connectivity index (χ3v) is 3.87. The maximum atomic E-state index is 9.10. The van der Waals surface area contributed by atoms with Crippen molar-refractivity contribution in [2.45, 2.75) is 6.92 Å². The number of aromatic hydroxyl groups is 1. The molecule has 3 nitrogen and oxygen atoms in total. The zero-order chi connectivity index (χ0) is 18.2. The highest BCUT2D eigenvalue weighted by Crippen LogP contribution is 2.22. The van der Waals surface area contributed by atoms with Crippen LogP contribution >= 0.6 is 0 Å². The van der Waals surface area contributed by atoms with Gasteiger partial charge in [-0.2, -0.15) is 0 Å². The molecule has 0 spiro atoms. The average molecular weight is 343 g/mol. The van der Waals surface area contributed by atoms with Crippen molar-refractivity contribution >= 4 is 10.9 Å². The van der Waals surface area contributed by atoms with Gasteiger partial charge in [0.2, 0.25) is 0 Å². The van der Waals surface area contributed by atoms with E-state index in [1.165, 1.54) is 5.56 Å². The smallest absolute Gasteiger partial charge is 0.145 e. The summed E-state index contributed by atoms with van der Waals surface area (Å²) >= 11 is 0. The molecule has 0 amide bonds. The Labute approximate surface area is 153 Å². The standard InChI is InChI=1S/C12H10O.C11H11NO/c13-12-8-6-11(7-9-12)10-4-2-1-3-5-10;1-2-13-10-7-3-5-9-6-4-8-12-11(9)10/h1-9,13H;3-8H,2H2,1H3. The molecule has 0 saturated carbocycles. The molecule has 0 saturated heterocycles. The summed E-state index contributed by atoms with van der Waals surface area (Å²) in [5, 5.41) is 10.2. The number of pyridine rings is 1. The first-order valence-corrected chi connectivity index (χ1v) is 8.59. The van der Waals surface area contributed by atoms with Crippen molar-refractivity contribution in [3.8, 4) is 22.6 Å². The average Bonchev–Trinajstić information content (AvgIpc) is 2.70. The number of phenols is 1. The number of para-hydroxylation sites is 1. The molecule has 0 bridgehead atoms. The van der Waals surface area contributed by atoms with Gasteiger partial charge in [0, 0.05) is 11.6 Å². The second-order valence-electron chi connectivity index (χ2n) is 5.68. The lowest BCUT2D eigenvalue weighted by atomic mass is 10.1. The van der Waals surface area contributed by atoms with Crippen LogP contribution in [0.1, 0.15) is 6.92 Å². The fourth-order valence-electron chi connectivity index (χ4n) is 2.63. The summed E-state index contributed by atoms with van der Waals surface area (Å²) in [5.41, 5.74) is 3.23. The van der Waals surface area contributed by atoms with E-state index in [0.29, 0.717) is 12.4 Å². The molecule has 0 fully saturated rings. The zero-order valence-electron chi connectivity index (χ0n) is 14.7. The number of hydrogen-bond acceptors (Lipinski definition) is 3. The zero-order valence-corrected chi connectivity index (χ0v) is 14.7. The van der Waals surface area contributed by atoms with Gasteiger partial charge in [-0.3, -0.25) is 4.98 Å². The van der Waals surface area contributed by atoms with Crippen LogP contribution in [0, 0.1) is 0 Å². The fraction of sp³-hybridized carbons (Fsp3) is 0.0870. The maximum Gasteiger partial charge on any atom is 0.145 e. The van der Waals surface area contributed by atoms with Gasteiger partial charge in [-0.15, -0.1) is 0 Å². The predicted molar refractivity (Wildman–Crippen MR) is 106 cm³/mol. The van der Waals surface area contributed by atoms with E-state index in [-0.39, 0.29) is 0 Å². The first-order chi connectivity index (χ1) is 12.8. The van der Waals surface area contributed by atoms with Crippen LogP contribution < -0.4 is 4.74 Å².